The lowest BCUT2D eigenvalue weighted by Gasteiger charge is -2.52. The van der Waals surface area contributed by atoms with E-state index in [0.29, 0.717) is 5.54 Å². The summed E-state index contributed by atoms with van der Waals surface area (Å²) in [7, 11) is 0. The summed E-state index contributed by atoms with van der Waals surface area (Å²) in [6.07, 6.45) is 13.2. The summed E-state index contributed by atoms with van der Waals surface area (Å²) in [5.74, 6) is 3.25. The van der Waals surface area contributed by atoms with Gasteiger partial charge in [0.1, 0.15) is 0 Å². The molecule has 106 valence electrons. The molecule has 0 aromatic rings. The van der Waals surface area contributed by atoms with Gasteiger partial charge >= 0.3 is 0 Å². The minimum atomic E-state index is 0. The normalized spacial score (nSPS) is 44.8. The Bertz CT molecular complexity index is 216. The summed E-state index contributed by atoms with van der Waals surface area (Å²) >= 11 is 0. The molecule has 1 saturated heterocycles. The molecule has 0 aromatic carbocycles. The van der Waals surface area contributed by atoms with Crippen molar-refractivity contribution >= 4 is 0 Å². The van der Waals surface area contributed by atoms with Crippen molar-refractivity contribution in [1.29, 1.82) is 0 Å². The second kappa shape index (κ2) is 5.89. The topological polar surface area (TPSA) is 69.7 Å². The van der Waals surface area contributed by atoms with Gasteiger partial charge in [-0.2, -0.15) is 0 Å². The molecule has 4 aliphatic carbocycles. The average Bonchev–Trinajstić information content (AvgIpc) is 2.28. The maximum absolute atomic E-state index is 4.43. The fraction of sp³-hybridized carbons (Fsp3) is 1.00. The summed E-state index contributed by atoms with van der Waals surface area (Å²) in [5, 5.41) is 3.28. The van der Waals surface area contributed by atoms with Crippen molar-refractivity contribution in [2.75, 3.05) is 13.1 Å². The number of piperidine rings is 1. The quantitative estimate of drug-likeness (QED) is 0.692. The molecule has 0 aromatic heterocycles. The predicted molar refractivity (Wildman–Crippen MR) is 72.4 cm³/mol. The Morgan fingerprint density at radius 3 is 1.44 bits per heavy atom. The van der Waals surface area contributed by atoms with E-state index in [1.807, 2.05) is 0 Å². The lowest BCUT2D eigenvalue weighted by atomic mass is 9.53. The zero-order valence-electron chi connectivity index (χ0n) is 11.7. The van der Waals surface area contributed by atoms with Crippen molar-refractivity contribution in [3.63, 3.8) is 0 Å². The molecule has 0 radical (unpaired) electrons. The molecule has 3 heteroatoms. The van der Waals surface area contributed by atoms with Crippen LogP contribution in [0.3, 0.4) is 0 Å². The maximum Gasteiger partial charge on any atom is 0.0953 e. The first-order valence-corrected chi connectivity index (χ1v) is 7.80. The molecule has 4 bridgehead atoms. The molecular formula is C15H30N2O. The van der Waals surface area contributed by atoms with Gasteiger partial charge in [-0.3, -0.25) is 0 Å². The Kier molecular flexibility index (Phi) is 4.68. The molecule has 5 rings (SSSR count). The van der Waals surface area contributed by atoms with Gasteiger partial charge in [-0.25, -0.2) is 0 Å². The van der Waals surface area contributed by atoms with Gasteiger partial charge in [0.2, 0.25) is 0 Å². The van der Waals surface area contributed by atoms with E-state index < -0.39 is 0 Å². The van der Waals surface area contributed by atoms with E-state index in [1.54, 1.807) is 19.3 Å². The third-order valence-corrected chi connectivity index (χ3v) is 5.37. The summed E-state index contributed by atoms with van der Waals surface area (Å²) in [4.78, 5) is 0. The fourth-order valence-electron chi connectivity index (χ4n) is 5.09. The van der Waals surface area contributed by atoms with E-state index in [-0.39, 0.29) is 5.48 Å². The highest BCUT2D eigenvalue weighted by Gasteiger charge is 2.51. The second-order valence-corrected chi connectivity index (χ2v) is 7.23. The van der Waals surface area contributed by atoms with Crippen LogP contribution in [-0.4, -0.2) is 24.1 Å². The Morgan fingerprint density at radius 1 is 0.778 bits per heavy atom. The van der Waals surface area contributed by atoms with Crippen LogP contribution in [0.15, 0.2) is 0 Å². The highest BCUT2D eigenvalue weighted by Crippen LogP contribution is 2.53. The van der Waals surface area contributed by atoms with Crippen molar-refractivity contribution in [2.24, 2.45) is 17.8 Å². The van der Waals surface area contributed by atoms with Crippen molar-refractivity contribution in [3.05, 3.63) is 0 Å². The van der Waals surface area contributed by atoms with Crippen molar-refractivity contribution in [1.82, 2.24) is 5.32 Å². The lowest BCUT2D eigenvalue weighted by Crippen LogP contribution is -2.77. The van der Waals surface area contributed by atoms with Gasteiger partial charge in [0.15, 0.2) is 0 Å². The van der Waals surface area contributed by atoms with Gasteiger partial charge in [-0.15, -0.1) is 0 Å². The number of nitrogens with one attached hydrogen (secondary N) is 1. The van der Waals surface area contributed by atoms with Crippen LogP contribution in [0.2, 0.25) is 0 Å². The first-order valence-electron chi connectivity index (χ1n) is 7.80. The van der Waals surface area contributed by atoms with Gasteiger partial charge in [0, 0.05) is 19.3 Å². The summed E-state index contributed by atoms with van der Waals surface area (Å²) < 4.78 is 0. The first kappa shape index (κ1) is 14.3. The number of quaternary nitrogens is 1. The minimum Gasteiger partial charge on any atom is -0.870 e. The van der Waals surface area contributed by atoms with E-state index in [2.05, 4.69) is 11.1 Å². The molecule has 18 heavy (non-hydrogen) atoms. The largest absolute Gasteiger partial charge is 0.870 e. The summed E-state index contributed by atoms with van der Waals surface area (Å²) in [6, 6.07) is 0. The molecule has 3 nitrogen and oxygen atoms in total. The molecule has 0 spiro atoms. The molecular weight excluding hydrogens is 224 g/mol. The van der Waals surface area contributed by atoms with Crippen LogP contribution in [0.5, 0.6) is 0 Å². The minimum absolute atomic E-state index is 0. The molecule has 0 atom stereocenters. The predicted octanol–water partition coefficient (Wildman–Crippen LogP) is 1.78. The van der Waals surface area contributed by atoms with Gasteiger partial charge in [-0.1, -0.05) is 6.42 Å². The zero-order valence-corrected chi connectivity index (χ0v) is 11.7. The van der Waals surface area contributed by atoms with Crippen LogP contribution in [0.1, 0.15) is 57.8 Å². The van der Waals surface area contributed by atoms with Gasteiger partial charge < -0.3 is 16.5 Å². The molecule has 1 aliphatic heterocycles. The third-order valence-electron chi connectivity index (χ3n) is 5.37. The monoisotopic (exact) mass is 254 g/mol. The van der Waals surface area contributed by atoms with Gasteiger partial charge in [0.05, 0.1) is 5.54 Å². The highest BCUT2D eigenvalue weighted by atomic mass is 16.0. The Hall–Kier alpha value is -0.120. The number of hydrogen-bond donors (Lipinski definition) is 2. The van der Waals surface area contributed by atoms with Gasteiger partial charge in [0.25, 0.3) is 0 Å². The van der Waals surface area contributed by atoms with E-state index in [9.17, 15) is 0 Å². The lowest BCUT2D eigenvalue weighted by molar-refractivity contribution is -0.504. The van der Waals surface area contributed by atoms with Crippen LogP contribution >= 0.6 is 0 Å². The molecule has 0 unspecified atom stereocenters. The number of rotatable bonds is 0. The molecule has 5 N–H and O–H groups in total. The second-order valence-electron chi connectivity index (χ2n) is 7.23. The van der Waals surface area contributed by atoms with Crippen LogP contribution in [0, 0.1) is 17.8 Å². The molecule has 5 aliphatic rings. The smallest absolute Gasteiger partial charge is 0.0953 e. The van der Waals surface area contributed by atoms with Crippen molar-refractivity contribution in [3.8, 4) is 0 Å². The van der Waals surface area contributed by atoms with Crippen LogP contribution in [0.25, 0.3) is 0 Å². The molecule has 5 fully saturated rings. The Morgan fingerprint density at radius 2 is 1.22 bits per heavy atom. The maximum atomic E-state index is 4.43. The molecule has 1 heterocycles. The zero-order chi connectivity index (χ0) is 11.7. The van der Waals surface area contributed by atoms with Gasteiger partial charge in [-0.05, 0) is 62.9 Å². The van der Waals surface area contributed by atoms with E-state index in [0.717, 1.165) is 17.8 Å². The summed E-state index contributed by atoms with van der Waals surface area (Å²) in [6.45, 7) is 2.50. The average molecular weight is 254 g/mol. The third kappa shape index (κ3) is 3.25. The van der Waals surface area contributed by atoms with Crippen LogP contribution < -0.4 is 11.1 Å². The Balaban J connectivity index is 0.000000149. The molecule has 0 amide bonds. The SMILES string of the molecule is C1CCNCC1.[NH3+]C12CC3CC(CC(C3)C1)C2.[OH-]. The number of hydrogen-bond acceptors (Lipinski definition) is 2. The summed E-state index contributed by atoms with van der Waals surface area (Å²) in [5.41, 5.74) is 4.98. The Labute approximate surface area is 111 Å². The fourth-order valence-corrected chi connectivity index (χ4v) is 5.09. The van der Waals surface area contributed by atoms with Crippen LogP contribution in [-0.2, 0) is 0 Å². The van der Waals surface area contributed by atoms with Crippen molar-refractivity contribution < 1.29 is 11.2 Å². The standard InChI is InChI=1S/C10H17N.C5H11N.H2O/c11-10-4-7-1-8(5-10)3-9(2-7)6-10;1-2-4-6-5-3-1;/h7-9H,1-6,11H2;6H,1-5H2;1H2. The molecule has 4 saturated carbocycles. The van der Waals surface area contributed by atoms with E-state index >= 15 is 0 Å². The van der Waals surface area contributed by atoms with Crippen LogP contribution in [0.4, 0.5) is 0 Å². The highest BCUT2D eigenvalue weighted by molar-refractivity contribution is 5.00. The first-order chi connectivity index (χ1) is 8.23. The van der Waals surface area contributed by atoms with E-state index in [4.69, 9.17) is 0 Å². The van der Waals surface area contributed by atoms with E-state index in [1.165, 1.54) is 51.6 Å². The van der Waals surface area contributed by atoms with Crippen molar-refractivity contribution in [2.45, 2.75) is 63.3 Å².